The highest BCUT2D eigenvalue weighted by Gasteiger charge is 2.27. The van der Waals surface area contributed by atoms with Crippen molar-refractivity contribution in [3.8, 4) is 0 Å². The molecule has 0 saturated heterocycles. The molecule has 27 heavy (non-hydrogen) atoms. The second-order valence-electron chi connectivity index (χ2n) is 6.70. The maximum Gasteiger partial charge on any atom is 0.441 e. The Balaban J connectivity index is 1.92. The molecule has 1 aromatic carbocycles. The van der Waals surface area contributed by atoms with Crippen molar-refractivity contribution in [1.82, 2.24) is 0 Å². The molecule has 1 N–H and O–H groups in total. The summed E-state index contributed by atoms with van der Waals surface area (Å²) in [4.78, 5) is -0.0784. The van der Waals surface area contributed by atoms with E-state index in [1.54, 1.807) is 12.1 Å². The third kappa shape index (κ3) is 13.1. The van der Waals surface area contributed by atoms with Gasteiger partial charge in [-0.3, -0.25) is 4.55 Å². The van der Waals surface area contributed by atoms with Gasteiger partial charge in [0.05, 0.1) is 4.90 Å². The van der Waals surface area contributed by atoms with Crippen LogP contribution in [0.1, 0.15) is 69.8 Å². The van der Waals surface area contributed by atoms with E-state index in [4.69, 9.17) is 4.55 Å². The molecule has 0 aliphatic heterocycles. The number of alkyl halides is 3. The van der Waals surface area contributed by atoms with E-state index in [0.29, 0.717) is 6.42 Å². The molecule has 8 heteroatoms. The lowest BCUT2D eigenvalue weighted by Gasteiger charge is -2.05. The van der Waals surface area contributed by atoms with Gasteiger partial charge in [0.15, 0.2) is 0 Å². The van der Waals surface area contributed by atoms with Gasteiger partial charge in [-0.1, -0.05) is 75.3 Å². The molecule has 0 amide bonds. The van der Waals surface area contributed by atoms with Crippen molar-refractivity contribution < 1.29 is 26.1 Å². The van der Waals surface area contributed by atoms with Crippen LogP contribution in [-0.2, 0) is 16.5 Å². The van der Waals surface area contributed by atoms with Gasteiger partial charge in [0.1, 0.15) is 0 Å². The van der Waals surface area contributed by atoms with Crippen molar-refractivity contribution in [2.45, 2.75) is 81.0 Å². The van der Waals surface area contributed by atoms with Gasteiger partial charge in [0, 0.05) is 5.75 Å². The van der Waals surface area contributed by atoms with Crippen LogP contribution in [0.25, 0.3) is 0 Å². The Kier molecular flexibility index (Phi) is 11.4. The Morgan fingerprint density at radius 3 is 1.67 bits per heavy atom. The topological polar surface area (TPSA) is 54.4 Å². The molecular weight excluding hydrogens is 397 g/mol. The molecule has 3 nitrogen and oxygen atoms in total. The first-order chi connectivity index (χ1) is 12.7. The summed E-state index contributed by atoms with van der Waals surface area (Å²) in [7, 11) is -4.12. The Labute approximate surface area is 164 Å². The lowest BCUT2D eigenvalue weighted by atomic mass is 10.0. The van der Waals surface area contributed by atoms with Crippen LogP contribution < -0.4 is 0 Å². The van der Waals surface area contributed by atoms with Crippen molar-refractivity contribution in [1.29, 1.82) is 0 Å². The molecule has 0 atom stereocenters. The summed E-state index contributed by atoms with van der Waals surface area (Å²) in [6.45, 7) is 0. The van der Waals surface area contributed by atoms with Gasteiger partial charge in [-0.2, -0.15) is 21.6 Å². The standard InChI is InChI=1S/C19H29F3O3S2/c20-19(21,22)26-16-10-8-6-4-2-1-3-5-7-9-11-17-12-14-18(15-13-17)27(23,24)25/h12-15H,1-11,16H2,(H,23,24,25). The SMILES string of the molecule is O=S(=O)(O)c1ccc(CCCCCCCCCCCCSC(F)(F)F)cc1. The highest BCUT2D eigenvalue weighted by atomic mass is 32.2. The molecule has 1 rings (SSSR count). The number of halogens is 3. The van der Waals surface area contributed by atoms with E-state index in [2.05, 4.69) is 0 Å². The minimum Gasteiger partial charge on any atom is -0.282 e. The van der Waals surface area contributed by atoms with Crippen molar-refractivity contribution >= 4 is 21.9 Å². The molecular formula is C19H29F3O3S2. The van der Waals surface area contributed by atoms with Crippen molar-refractivity contribution in [2.75, 3.05) is 5.75 Å². The minimum atomic E-state index is -4.12. The van der Waals surface area contributed by atoms with Gasteiger partial charge in [-0.15, -0.1) is 0 Å². The van der Waals surface area contributed by atoms with Crippen LogP contribution in [0.5, 0.6) is 0 Å². The van der Waals surface area contributed by atoms with Crippen LogP contribution in [0.15, 0.2) is 29.2 Å². The van der Waals surface area contributed by atoms with E-state index in [1.165, 1.54) is 25.0 Å². The summed E-state index contributed by atoms with van der Waals surface area (Å²) in [6, 6.07) is 6.31. The predicted molar refractivity (Wildman–Crippen MR) is 105 cm³/mol. The van der Waals surface area contributed by atoms with Crippen LogP contribution in [0.4, 0.5) is 13.2 Å². The third-order valence-electron chi connectivity index (χ3n) is 4.35. The number of thioether (sulfide) groups is 1. The lowest BCUT2D eigenvalue weighted by Crippen LogP contribution is -2.01. The summed E-state index contributed by atoms with van der Waals surface area (Å²) in [5.74, 6) is 0.169. The zero-order valence-electron chi connectivity index (χ0n) is 15.5. The molecule has 156 valence electrons. The summed E-state index contributed by atoms with van der Waals surface area (Å²) in [5, 5.41) is 0. The zero-order valence-corrected chi connectivity index (χ0v) is 17.1. The minimum absolute atomic E-state index is 0.0752. The van der Waals surface area contributed by atoms with E-state index in [-0.39, 0.29) is 22.4 Å². The van der Waals surface area contributed by atoms with Crippen molar-refractivity contribution in [2.24, 2.45) is 0 Å². The molecule has 0 aliphatic carbocycles. The van der Waals surface area contributed by atoms with Gasteiger partial charge < -0.3 is 0 Å². The van der Waals surface area contributed by atoms with Gasteiger partial charge in [0.25, 0.3) is 10.1 Å². The zero-order chi connectivity index (χ0) is 20.2. The van der Waals surface area contributed by atoms with Crippen LogP contribution >= 0.6 is 11.8 Å². The van der Waals surface area contributed by atoms with E-state index < -0.39 is 15.6 Å². The molecule has 0 fully saturated rings. The fourth-order valence-electron chi connectivity index (χ4n) is 2.86. The van der Waals surface area contributed by atoms with E-state index in [0.717, 1.165) is 56.9 Å². The first-order valence-corrected chi connectivity index (χ1v) is 11.9. The molecule has 0 aliphatic rings. The molecule has 0 aromatic heterocycles. The highest BCUT2D eigenvalue weighted by Crippen LogP contribution is 2.30. The Morgan fingerprint density at radius 2 is 1.22 bits per heavy atom. The fraction of sp³-hybridized carbons (Fsp3) is 0.684. The quantitative estimate of drug-likeness (QED) is 0.268. The first-order valence-electron chi connectivity index (χ1n) is 9.45. The third-order valence-corrected chi connectivity index (χ3v) is 6.03. The van der Waals surface area contributed by atoms with Gasteiger partial charge in [-0.05, 0) is 37.0 Å². The maximum absolute atomic E-state index is 11.9. The van der Waals surface area contributed by atoms with Crippen molar-refractivity contribution in [3.63, 3.8) is 0 Å². The maximum atomic E-state index is 11.9. The van der Waals surface area contributed by atoms with Gasteiger partial charge in [-0.25, -0.2) is 0 Å². The Morgan fingerprint density at radius 1 is 0.778 bits per heavy atom. The number of aryl methyl sites for hydroxylation is 1. The Bertz CT molecular complexity index is 614. The lowest BCUT2D eigenvalue weighted by molar-refractivity contribution is -0.0328. The Hall–Kier alpha value is -0.730. The van der Waals surface area contributed by atoms with Gasteiger partial charge >= 0.3 is 5.51 Å². The molecule has 0 heterocycles. The van der Waals surface area contributed by atoms with E-state index >= 15 is 0 Å². The first kappa shape index (κ1) is 24.3. The molecule has 1 aromatic rings. The number of hydrogen-bond donors (Lipinski definition) is 1. The second-order valence-corrected chi connectivity index (χ2v) is 9.28. The monoisotopic (exact) mass is 426 g/mol. The number of hydrogen-bond acceptors (Lipinski definition) is 3. The highest BCUT2D eigenvalue weighted by molar-refractivity contribution is 8.00. The largest absolute Gasteiger partial charge is 0.441 e. The average Bonchev–Trinajstić information content (AvgIpc) is 2.57. The fourth-order valence-corrected chi connectivity index (χ4v) is 3.92. The molecule has 0 saturated carbocycles. The van der Waals surface area contributed by atoms with Crippen LogP contribution in [0.2, 0.25) is 0 Å². The summed E-state index contributed by atoms with van der Waals surface area (Å²) < 4.78 is 66.7. The van der Waals surface area contributed by atoms with E-state index in [1.807, 2.05) is 0 Å². The molecule has 0 bridgehead atoms. The smallest absolute Gasteiger partial charge is 0.282 e. The average molecular weight is 427 g/mol. The van der Waals surface area contributed by atoms with Crippen molar-refractivity contribution in [3.05, 3.63) is 29.8 Å². The molecule has 0 unspecified atom stereocenters. The van der Waals surface area contributed by atoms with Crippen LogP contribution in [0, 0.1) is 0 Å². The van der Waals surface area contributed by atoms with Crippen LogP contribution in [0.3, 0.4) is 0 Å². The number of rotatable bonds is 14. The normalized spacial score (nSPS) is 12.4. The summed E-state index contributed by atoms with van der Waals surface area (Å²) in [5.41, 5.74) is -3.03. The molecule has 0 spiro atoms. The molecule has 0 radical (unpaired) electrons. The second kappa shape index (κ2) is 12.7. The number of unbranched alkanes of at least 4 members (excludes halogenated alkanes) is 9. The summed E-state index contributed by atoms with van der Waals surface area (Å²) >= 11 is 0.0752. The van der Waals surface area contributed by atoms with Gasteiger partial charge in [0.2, 0.25) is 0 Å². The van der Waals surface area contributed by atoms with Crippen LogP contribution in [-0.4, -0.2) is 24.2 Å². The summed E-state index contributed by atoms with van der Waals surface area (Å²) in [6.07, 6.45) is 11.3. The predicted octanol–water partition coefficient (Wildman–Crippen LogP) is 6.63. The number of benzene rings is 1. The van der Waals surface area contributed by atoms with E-state index in [9.17, 15) is 21.6 Å².